The Morgan fingerprint density at radius 2 is 2.04 bits per heavy atom. The first-order valence-corrected chi connectivity index (χ1v) is 10.1. The summed E-state index contributed by atoms with van der Waals surface area (Å²) in [6, 6.07) is 10.1. The maximum atomic E-state index is 5.45. The predicted molar refractivity (Wildman–Crippen MR) is 112 cm³/mol. The van der Waals surface area contributed by atoms with E-state index in [9.17, 15) is 0 Å². The summed E-state index contributed by atoms with van der Waals surface area (Å²) in [5.74, 6) is 3.06. The second kappa shape index (κ2) is 9.92. The molecule has 0 atom stereocenters. The molecule has 3 N–H and O–H groups in total. The molecule has 2 aromatic heterocycles. The van der Waals surface area contributed by atoms with Gasteiger partial charge in [0.05, 0.1) is 23.3 Å². The van der Waals surface area contributed by atoms with Crippen LogP contribution in [0.5, 0.6) is 0 Å². The van der Waals surface area contributed by atoms with Crippen molar-refractivity contribution in [2.24, 2.45) is 4.99 Å². The molecule has 1 aromatic carbocycles. The summed E-state index contributed by atoms with van der Waals surface area (Å²) in [4.78, 5) is 12.2. The van der Waals surface area contributed by atoms with Crippen LogP contribution in [-0.4, -0.2) is 34.7 Å². The maximum Gasteiger partial charge on any atom is 0.191 e. The third-order valence-corrected chi connectivity index (χ3v) is 4.96. The molecule has 0 saturated heterocycles. The minimum absolute atomic E-state index is 0.466. The number of imidazole rings is 1. The molecule has 2 heterocycles. The summed E-state index contributed by atoms with van der Waals surface area (Å²) in [6.45, 7) is 5.73. The van der Waals surface area contributed by atoms with Crippen LogP contribution in [-0.2, 0) is 13.0 Å². The van der Waals surface area contributed by atoms with E-state index in [2.05, 4.69) is 44.6 Å². The summed E-state index contributed by atoms with van der Waals surface area (Å²) < 4.78 is 5.45. The molecule has 0 bridgehead atoms. The normalized spacial score (nSPS) is 12.1. The number of H-pyrrole nitrogens is 1. The number of hydrogen-bond acceptors (Lipinski definition) is 4. The van der Waals surface area contributed by atoms with Crippen LogP contribution in [0.25, 0.3) is 11.0 Å². The number of nitrogens with one attached hydrogen (secondary N) is 3. The highest BCUT2D eigenvalue weighted by atomic mass is 16.5. The molecule has 0 aliphatic rings. The summed E-state index contributed by atoms with van der Waals surface area (Å²) in [5.41, 5.74) is 3.14. The van der Waals surface area contributed by atoms with Crippen LogP contribution in [0.15, 0.2) is 39.8 Å². The number of fused-ring (bicyclic) bond motifs is 1. The predicted octanol–water partition coefficient (Wildman–Crippen LogP) is 3.75. The topological polar surface area (TPSA) is 91.1 Å². The summed E-state index contributed by atoms with van der Waals surface area (Å²) in [5, 5.41) is 10.8. The van der Waals surface area contributed by atoms with Gasteiger partial charge in [-0.2, -0.15) is 0 Å². The number of hydrogen-bond donors (Lipinski definition) is 3. The van der Waals surface area contributed by atoms with Crippen molar-refractivity contribution in [2.45, 2.75) is 52.0 Å². The molecule has 0 spiro atoms. The van der Waals surface area contributed by atoms with Crippen molar-refractivity contribution in [3.63, 3.8) is 0 Å². The Morgan fingerprint density at radius 3 is 2.79 bits per heavy atom. The zero-order chi connectivity index (χ0) is 19.8. The van der Waals surface area contributed by atoms with Crippen molar-refractivity contribution < 1.29 is 4.52 Å². The molecule has 0 unspecified atom stereocenters. The molecule has 28 heavy (non-hydrogen) atoms. The SMILES string of the molecule is CCC(CC)c1cc(CNC(=NC)NCCCc2nc3ccccc3[nH]2)on1. The van der Waals surface area contributed by atoms with Crippen LogP contribution < -0.4 is 10.6 Å². The Hall–Kier alpha value is -2.83. The molecule has 150 valence electrons. The Balaban J connectivity index is 1.41. The van der Waals surface area contributed by atoms with E-state index in [-0.39, 0.29) is 0 Å². The van der Waals surface area contributed by atoms with Crippen molar-refractivity contribution in [2.75, 3.05) is 13.6 Å². The van der Waals surface area contributed by atoms with Gasteiger partial charge in [0.25, 0.3) is 0 Å². The Labute approximate surface area is 166 Å². The number of rotatable bonds is 9. The van der Waals surface area contributed by atoms with E-state index in [1.807, 2.05) is 30.3 Å². The fraction of sp³-hybridized carbons (Fsp3) is 0.476. The number of aliphatic imine (C=N–C) groups is 1. The van der Waals surface area contributed by atoms with Gasteiger partial charge in [-0.3, -0.25) is 4.99 Å². The smallest absolute Gasteiger partial charge is 0.191 e. The zero-order valence-electron chi connectivity index (χ0n) is 17.0. The van der Waals surface area contributed by atoms with Gasteiger partial charge in [-0.15, -0.1) is 0 Å². The molecule has 3 aromatic rings. The molecule has 7 heteroatoms. The molecule has 0 radical (unpaired) electrons. The second-order valence-electron chi connectivity index (χ2n) is 6.89. The number of para-hydroxylation sites is 2. The number of aromatic amines is 1. The number of nitrogens with zero attached hydrogens (tertiary/aromatic N) is 3. The zero-order valence-corrected chi connectivity index (χ0v) is 17.0. The van der Waals surface area contributed by atoms with Gasteiger partial charge in [0.1, 0.15) is 5.82 Å². The van der Waals surface area contributed by atoms with Gasteiger partial charge in [0, 0.05) is 32.0 Å². The Morgan fingerprint density at radius 1 is 1.21 bits per heavy atom. The highest BCUT2D eigenvalue weighted by Gasteiger charge is 2.13. The lowest BCUT2D eigenvalue weighted by Crippen LogP contribution is -2.37. The molecule has 0 aliphatic heterocycles. The third kappa shape index (κ3) is 5.12. The van der Waals surface area contributed by atoms with Crippen molar-refractivity contribution in [3.05, 3.63) is 47.6 Å². The van der Waals surface area contributed by atoms with Gasteiger partial charge >= 0.3 is 0 Å². The molecule has 0 aliphatic carbocycles. The quantitative estimate of drug-likeness (QED) is 0.298. The van der Waals surface area contributed by atoms with Crippen LogP contribution in [0.1, 0.15) is 56.3 Å². The van der Waals surface area contributed by atoms with Crippen LogP contribution in [0.2, 0.25) is 0 Å². The molecular formula is C21H30N6O. The van der Waals surface area contributed by atoms with Crippen molar-refractivity contribution in [1.82, 2.24) is 25.8 Å². The molecule has 0 fully saturated rings. The standard InChI is InChI=1S/C21H30N6O/c1-4-15(5-2)19-13-16(28-27-19)14-24-21(22-3)23-12-8-11-20-25-17-9-6-7-10-18(17)26-20/h6-7,9-10,13,15H,4-5,8,11-12,14H2,1-3H3,(H,25,26)(H2,22,23,24). The van der Waals surface area contributed by atoms with Gasteiger partial charge in [-0.25, -0.2) is 4.98 Å². The highest BCUT2D eigenvalue weighted by Crippen LogP contribution is 2.22. The van der Waals surface area contributed by atoms with E-state index in [1.54, 1.807) is 7.05 Å². The average molecular weight is 383 g/mol. The monoisotopic (exact) mass is 382 g/mol. The van der Waals surface area contributed by atoms with Gasteiger partial charge in [0.15, 0.2) is 11.7 Å². The van der Waals surface area contributed by atoms with Gasteiger partial charge < -0.3 is 20.1 Å². The summed E-state index contributed by atoms with van der Waals surface area (Å²) in [6.07, 6.45) is 4.00. The molecule has 0 amide bonds. The fourth-order valence-electron chi connectivity index (χ4n) is 3.29. The summed E-state index contributed by atoms with van der Waals surface area (Å²) >= 11 is 0. The van der Waals surface area contributed by atoms with Crippen LogP contribution in [0.3, 0.4) is 0 Å². The fourth-order valence-corrected chi connectivity index (χ4v) is 3.29. The van der Waals surface area contributed by atoms with Crippen molar-refractivity contribution in [1.29, 1.82) is 0 Å². The second-order valence-corrected chi connectivity index (χ2v) is 6.89. The van der Waals surface area contributed by atoms with Crippen LogP contribution in [0.4, 0.5) is 0 Å². The largest absolute Gasteiger partial charge is 0.359 e. The number of benzene rings is 1. The third-order valence-electron chi connectivity index (χ3n) is 4.96. The van der Waals surface area contributed by atoms with Gasteiger partial charge in [-0.05, 0) is 31.4 Å². The lowest BCUT2D eigenvalue weighted by atomic mass is 9.99. The minimum Gasteiger partial charge on any atom is -0.359 e. The highest BCUT2D eigenvalue weighted by molar-refractivity contribution is 5.79. The number of aryl methyl sites for hydroxylation is 1. The van der Waals surface area contributed by atoms with Crippen LogP contribution >= 0.6 is 0 Å². The summed E-state index contributed by atoms with van der Waals surface area (Å²) in [7, 11) is 1.77. The van der Waals surface area contributed by atoms with Crippen molar-refractivity contribution in [3.8, 4) is 0 Å². The van der Waals surface area contributed by atoms with E-state index >= 15 is 0 Å². The van der Waals surface area contributed by atoms with E-state index in [0.717, 1.165) is 66.5 Å². The van der Waals surface area contributed by atoms with E-state index in [0.29, 0.717) is 12.5 Å². The lowest BCUT2D eigenvalue weighted by molar-refractivity contribution is 0.368. The molecular weight excluding hydrogens is 352 g/mol. The Kier molecular flexibility index (Phi) is 7.06. The first-order valence-electron chi connectivity index (χ1n) is 10.1. The lowest BCUT2D eigenvalue weighted by Gasteiger charge is -2.10. The molecule has 7 nitrogen and oxygen atoms in total. The Bertz CT molecular complexity index is 860. The number of aromatic nitrogens is 3. The minimum atomic E-state index is 0.466. The van der Waals surface area contributed by atoms with E-state index < -0.39 is 0 Å². The van der Waals surface area contributed by atoms with E-state index in [1.165, 1.54) is 0 Å². The number of guanidine groups is 1. The van der Waals surface area contributed by atoms with Gasteiger partial charge in [0.2, 0.25) is 0 Å². The van der Waals surface area contributed by atoms with E-state index in [4.69, 9.17) is 4.52 Å². The van der Waals surface area contributed by atoms with Gasteiger partial charge in [-0.1, -0.05) is 31.1 Å². The average Bonchev–Trinajstić information content (AvgIpc) is 3.35. The molecule has 3 rings (SSSR count). The first kappa shape index (κ1) is 19.9. The maximum absolute atomic E-state index is 5.45. The van der Waals surface area contributed by atoms with Crippen LogP contribution in [0, 0.1) is 0 Å². The van der Waals surface area contributed by atoms with Crippen molar-refractivity contribution >= 4 is 17.0 Å². The molecule has 0 saturated carbocycles. The first-order chi connectivity index (χ1) is 13.7.